The normalized spacial score (nSPS) is 15.7. The van der Waals surface area contributed by atoms with Crippen LogP contribution in [-0.2, 0) is 20.2 Å². The number of aromatic nitrogens is 1. The van der Waals surface area contributed by atoms with E-state index in [2.05, 4.69) is 5.16 Å². The maximum absolute atomic E-state index is 13.2. The first kappa shape index (κ1) is 25.0. The Bertz CT molecular complexity index is 1360. The number of aryl methyl sites for hydroxylation is 1. The van der Waals surface area contributed by atoms with Crippen LogP contribution in [0.2, 0.25) is 15.1 Å². The minimum Gasteiger partial charge on any atom is -0.462 e. The molecule has 1 fully saturated rings. The molecular weight excluding hydrogens is 523 g/mol. The van der Waals surface area contributed by atoms with Gasteiger partial charge in [0.25, 0.3) is 0 Å². The summed E-state index contributed by atoms with van der Waals surface area (Å²) in [6.07, 6.45) is 0. The van der Waals surface area contributed by atoms with Crippen LogP contribution in [0.1, 0.15) is 35.5 Å². The van der Waals surface area contributed by atoms with Crippen LogP contribution >= 0.6 is 34.8 Å². The quantitative estimate of drug-likeness (QED) is 0.368. The fourth-order valence-corrected chi connectivity index (χ4v) is 6.97. The molecule has 1 aliphatic heterocycles. The number of hydrogen-bond acceptors (Lipinski definition) is 6. The van der Waals surface area contributed by atoms with E-state index in [0.717, 1.165) is 0 Å². The molecule has 1 saturated heterocycles. The maximum atomic E-state index is 13.2. The maximum Gasteiger partial charge on any atom is 0.344 e. The average Bonchev–Trinajstić information content (AvgIpc) is 3.16. The molecule has 180 valence electrons. The van der Waals surface area contributed by atoms with Crippen molar-refractivity contribution >= 4 is 50.8 Å². The van der Waals surface area contributed by atoms with Gasteiger partial charge >= 0.3 is 5.97 Å². The molecule has 0 atom stereocenters. The van der Waals surface area contributed by atoms with Crippen molar-refractivity contribution in [3.8, 4) is 11.3 Å². The van der Waals surface area contributed by atoms with Crippen LogP contribution in [0.5, 0.6) is 0 Å². The highest BCUT2D eigenvalue weighted by atomic mass is 35.5. The molecule has 0 aliphatic carbocycles. The molecule has 11 heteroatoms. The summed E-state index contributed by atoms with van der Waals surface area (Å²) in [6.45, 7) is 5.52. The fourth-order valence-electron chi connectivity index (χ4n) is 4.06. The first-order valence-corrected chi connectivity index (χ1v) is 12.9. The van der Waals surface area contributed by atoms with Crippen molar-refractivity contribution in [3.63, 3.8) is 0 Å². The van der Waals surface area contributed by atoms with Crippen LogP contribution in [0.3, 0.4) is 0 Å². The summed E-state index contributed by atoms with van der Waals surface area (Å²) in [4.78, 5) is 13.2. The highest BCUT2D eigenvalue weighted by Gasteiger charge is 2.51. The Kier molecular flexibility index (Phi) is 6.74. The molecule has 1 aromatic heterocycles. The number of nitrogens with zero attached hydrogens (tertiary/aromatic N) is 2. The van der Waals surface area contributed by atoms with Crippen LogP contribution < -0.4 is 0 Å². The lowest BCUT2D eigenvalue weighted by Crippen LogP contribution is -2.59. The van der Waals surface area contributed by atoms with Gasteiger partial charge in [-0.25, -0.2) is 13.2 Å². The van der Waals surface area contributed by atoms with Crippen LogP contribution in [0.15, 0.2) is 45.8 Å². The first-order valence-electron chi connectivity index (χ1n) is 10.4. The van der Waals surface area contributed by atoms with Crippen LogP contribution in [-0.4, -0.2) is 43.5 Å². The van der Waals surface area contributed by atoms with E-state index < -0.39 is 21.4 Å². The third-order valence-electron chi connectivity index (χ3n) is 5.73. The zero-order valence-electron chi connectivity index (χ0n) is 18.6. The Morgan fingerprint density at radius 2 is 1.79 bits per heavy atom. The van der Waals surface area contributed by atoms with Crippen molar-refractivity contribution in [1.82, 2.24) is 9.46 Å². The Morgan fingerprint density at radius 3 is 2.38 bits per heavy atom. The van der Waals surface area contributed by atoms with E-state index >= 15 is 0 Å². The molecule has 1 aliphatic rings. The number of esters is 1. The molecule has 3 aromatic rings. The second-order valence-corrected chi connectivity index (χ2v) is 11.5. The van der Waals surface area contributed by atoms with Gasteiger partial charge in [-0.1, -0.05) is 58.2 Å². The molecule has 2 aromatic carbocycles. The van der Waals surface area contributed by atoms with E-state index in [-0.39, 0.29) is 57.2 Å². The van der Waals surface area contributed by atoms with Gasteiger partial charge in [-0.15, -0.1) is 0 Å². The Morgan fingerprint density at radius 1 is 1.18 bits per heavy atom. The summed E-state index contributed by atoms with van der Waals surface area (Å²) < 4.78 is 38.6. The summed E-state index contributed by atoms with van der Waals surface area (Å²) in [5.41, 5.74) is 0.273. The van der Waals surface area contributed by atoms with E-state index in [1.807, 2.05) is 0 Å². The van der Waals surface area contributed by atoms with Gasteiger partial charge in [0, 0.05) is 23.7 Å². The van der Waals surface area contributed by atoms with E-state index in [0.29, 0.717) is 10.6 Å². The number of rotatable bonds is 6. The fraction of sp³-hybridized carbons (Fsp3) is 0.304. The van der Waals surface area contributed by atoms with E-state index in [1.54, 1.807) is 45.0 Å². The molecule has 0 spiro atoms. The van der Waals surface area contributed by atoms with Crippen molar-refractivity contribution in [2.24, 2.45) is 0 Å². The highest BCUT2D eigenvalue weighted by molar-refractivity contribution is 7.89. The standard InChI is InChI=1S/C23H21Cl3N2O5S/c1-4-32-22(29)19-20(18-15(25)9-14(24)10-16(18)26)27-33-21(19)23(3)11-28(12-23)34(30,31)17-8-6-5-7-13(17)2/h5-10H,4,11-12H2,1-3H3. The Hall–Kier alpha value is -2.10. The largest absolute Gasteiger partial charge is 0.462 e. The molecule has 0 saturated carbocycles. The van der Waals surface area contributed by atoms with E-state index in [9.17, 15) is 13.2 Å². The molecule has 34 heavy (non-hydrogen) atoms. The minimum atomic E-state index is -3.72. The Balaban J connectivity index is 1.75. The summed E-state index contributed by atoms with van der Waals surface area (Å²) in [5, 5.41) is 4.79. The summed E-state index contributed by atoms with van der Waals surface area (Å²) in [5.74, 6) is -0.462. The van der Waals surface area contributed by atoms with Crippen LogP contribution in [0.25, 0.3) is 11.3 Å². The highest BCUT2D eigenvalue weighted by Crippen LogP contribution is 2.45. The number of hydrogen-bond donors (Lipinski definition) is 0. The number of halogens is 3. The molecule has 0 radical (unpaired) electrons. The predicted molar refractivity (Wildman–Crippen MR) is 130 cm³/mol. The van der Waals surface area contributed by atoms with Gasteiger partial charge in [0.15, 0.2) is 5.76 Å². The molecule has 0 bridgehead atoms. The summed E-state index contributed by atoms with van der Waals surface area (Å²) in [6, 6.07) is 9.74. The lowest BCUT2D eigenvalue weighted by molar-refractivity contribution is 0.0514. The lowest BCUT2D eigenvalue weighted by atomic mass is 9.79. The molecule has 4 rings (SSSR count). The molecule has 0 unspecified atom stereocenters. The summed E-state index contributed by atoms with van der Waals surface area (Å²) in [7, 11) is -3.72. The van der Waals surface area contributed by atoms with E-state index in [1.165, 1.54) is 16.4 Å². The molecule has 0 N–H and O–H groups in total. The van der Waals surface area contributed by atoms with Crippen LogP contribution in [0.4, 0.5) is 0 Å². The minimum absolute atomic E-state index is 0.0587. The smallest absolute Gasteiger partial charge is 0.344 e. The van der Waals surface area contributed by atoms with Gasteiger partial charge in [-0.2, -0.15) is 4.31 Å². The summed E-state index contributed by atoms with van der Waals surface area (Å²) >= 11 is 18.8. The van der Waals surface area contributed by atoms with Gasteiger partial charge in [0.05, 0.1) is 27.0 Å². The van der Waals surface area contributed by atoms with Gasteiger partial charge < -0.3 is 9.26 Å². The number of benzene rings is 2. The predicted octanol–water partition coefficient (Wildman–Crippen LogP) is 5.75. The zero-order chi connectivity index (χ0) is 24.8. The monoisotopic (exact) mass is 542 g/mol. The molecular formula is C23H21Cl3N2O5S. The third kappa shape index (κ3) is 4.22. The molecule has 0 amide bonds. The van der Waals surface area contributed by atoms with Crippen molar-refractivity contribution in [2.45, 2.75) is 31.1 Å². The zero-order valence-corrected chi connectivity index (χ0v) is 21.6. The van der Waals surface area contributed by atoms with Gasteiger partial charge in [-0.05, 0) is 44.5 Å². The van der Waals surface area contributed by atoms with Gasteiger partial charge in [0.2, 0.25) is 10.0 Å². The third-order valence-corrected chi connectivity index (χ3v) is 8.49. The SMILES string of the molecule is CCOC(=O)c1c(-c2c(Cl)cc(Cl)cc2Cl)noc1C1(C)CN(S(=O)(=O)c2ccccc2C)C1. The number of carbonyl (C=O) groups excluding carboxylic acids is 1. The Labute approximate surface area is 212 Å². The lowest BCUT2D eigenvalue weighted by Gasteiger charge is -2.45. The van der Waals surface area contributed by atoms with Crippen molar-refractivity contribution in [1.29, 1.82) is 0 Å². The average molecular weight is 544 g/mol. The number of carbonyl (C=O) groups is 1. The number of ether oxygens (including phenoxy) is 1. The topological polar surface area (TPSA) is 89.7 Å². The second kappa shape index (κ2) is 9.17. The first-order chi connectivity index (χ1) is 16.0. The second-order valence-electron chi connectivity index (χ2n) is 8.30. The number of sulfonamides is 1. The van der Waals surface area contributed by atoms with Gasteiger partial charge in [-0.3, -0.25) is 0 Å². The van der Waals surface area contributed by atoms with Crippen LogP contribution in [0, 0.1) is 6.92 Å². The van der Waals surface area contributed by atoms with Gasteiger partial charge in [0.1, 0.15) is 11.3 Å². The van der Waals surface area contributed by atoms with Crippen molar-refractivity contribution in [2.75, 3.05) is 19.7 Å². The molecule has 7 nitrogen and oxygen atoms in total. The molecule has 2 heterocycles. The van der Waals surface area contributed by atoms with Crippen molar-refractivity contribution in [3.05, 3.63) is 68.4 Å². The van der Waals surface area contributed by atoms with Crippen molar-refractivity contribution < 1.29 is 22.5 Å². The van der Waals surface area contributed by atoms with E-state index in [4.69, 9.17) is 44.1 Å².